The molecule has 0 spiro atoms. The lowest BCUT2D eigenvalue weighted by Gasteiger charge is -2.20. The number of nitrogens with zero attached hydrogens (tertiary/aromatic N) is 1. The number of aromatic nitrogens is 1. The molecule has 0 saturated carbocycles. The minimum Gasteiger partial charge on any atom is -0.440 e. The highest BCUT2D eigenvalue weighted by atomic mass is 32.2. The first-order valence-corrected chi connectivity index (χ1v) is 7.76. The van der Waals surface area contributed by atoms with Gasteiger partial charge >= 0.3 is 0 Å². The van der Waals surface area contributed by atoms with Crippen LogP contribution in [0.5, 0.6) is 0 Å². The summed E-state index contributed by atoms with van der Waals surface area (Å²) < 4.78 is 5.43. The average molecular weight is 282 g/mol. The van der Waals surface area contributed by atoms with E-state index in [0.717, 1.165) is 12.1 Å². The molecular weight excluding hydrogens is 264 g/mol. The van der Waals surface area contributed by atoms with E-state index in [1.807, 2.05) is 6.92 Å². The maximum absolute atomic E-state index is 6.25. The van der Waals surface area contributed by atoms with Crippen molar-refractivity contribution in [2.24, 2.45) is 5.73 Å². The fourth-order valence-corrected chi connectivity index (χ4v) is 4.19. The van der Waals surface area contributed by atoms with Crippen molar-refractivity contribution >= 4 is 23.1 Å². The van der Waals surface area contributed by atoms with E-state index in [-0.39, 0.29) is 11.3 Å². The van der Waals surface area contributed by atoms with Gasteiger partial charge in [0.25, 0.3) is 5.22 Å². The molecule has 0 radical (unpaired) electrons. The summed E-state index contributed by atoms with van der Waals surface area (Å²) in [6, 6.07) is 2.25. The van der Waals surface area contributed by atoms with E-state index >= 15 is 0 Å². The van der Waals surface area contributed by atoms with Crippen molar-refractivity contribution in [2.75, 3.05) is 0 Å². The Kier molecular flexibility index (Phi) is 4.48. The van der Waals surface area contributed by atoms with Gasteiger partial charge in [0.05, 0.1) is 10.9 Å². The third-order valence-electron chi connectivity index (χ3n) is 2.85. The molecule has 2 rings (SSSR count). The number of hydrogen-bond donors (Lipinski definition) is 1. The summed E-state index contributed by atoms with van der Waals surface area (Å²) in [6.45, 7) is 6.17. The van der Waals surface area contributed by atoms with Gasteiger partial charge in [-0.15, -0.1) is 11.3 Å². The first-order chi connectivity index (χ1) is 8.61. The molecule has 0 fully saturated rings. The van der Waals surface area contributed by atoms with Gasteiger partial charge in [-0.1, -0.05) is 18.7 Å². The third-order valence-corrected chi connectivity index (χ3v) is 5.33. The summed E-state index contributed by atoms with van der Waals surface area (Å²) in [5.41, 5.74) is 8.45. The van der Waals surface area contributed by atoms with Crippen LogP contribution >= 0.6 is 23.1 Å². The molecule has 18 heavy (non-hydrogen) atoms. The van der Waals surface area contributed by atoms with Crippen molar-refractivity contribution in [1.29, 1.82) is 0 Å². The van der Waals surface area contributed by atoms with Crippen LogP contribution in [-0.4, -0.2) is 11.0 Å². The minimum atomic E-state index is 0.111. The molecule has 2 aromatic heterocycles. The van der Waals surface area contributed by atoms with Gasteiger partial charge in [-0.2, -0.15) is 0 Å². The van der Waals surface area contributed by atoms with E-state index in [0.29, 0.717) is 5.22 Å². The standard InChI is InChI=1S/C13H18N2OS2/c1-4-10(14)12(11-8(2)5-6-17-11)18-13-15-9(3)7-16-13/h5-7,10,12H,4,14H2,1-3H3. The smallest absolute Gasteiger partial charge is 0.256 e. The van der Waals surface area contributed by atoms with Gasteiger partial charge in [0.1, 0.15) is 6.26 Å². The van der Waals surface area contributed by atoms with Gasteiger partial charge < -0.3 is 10.2 Å². The van der Waals surface area contributed by atoms with Crippen molar-refractivity contribution in [1.82, 2.24) is 4.98 Å². The van der Waals surface area contributed by atoms with E-state index in [9.17, 15) is 0 Å². The summed E-state index contributed by atoms with van der Waals surface area (Å²) in [7, 11) is 0. The molecule has 0 amide bonds. The number of thiophene rings is 1. The van der Waals surface area contributed by atoms with Crippen LogP contribution in [0, 0.1) is 13.8 Å². The Balaban J connectivity index is 2.23. The zero-order valence-corrected chi connectivity index (χ0v) is 12.5. The molecular formula is C13H18N2OS2. The Morgan fingerprint density at radius 1 is 1.50 bits per heavy atom. The molecule has 0 aliphatic rings. The zero-order chi connectivity index (χ0) is 13.1. The Hall–Kier alpha value is -0.780. The van der Waals surface area contributed by atoms with Crippen molar-refractivity contribution in [3.05, 3.63) is 33.8 Å². The lowest BCUT2D eigenvalue weighted by Crippen LogP contribution is -2.25. The number of aryl methyl sites for hydroxylation is 2. The number of oxazole rings is 1. The highest BCUT2D eigenvalue weighted by molar-refractivity contribution is 7.99. The van der Waals surface area contributed by atoms with Gasteiger partial charge in [-0.3, -0.25) is 0 Å². The summed E-state index contributed by atoms with van der Waals surface area (Å²) >= 11 is 3.38. The minimum absolute atomic E-state index is 0.111. The van der Waals surface area contributed by atoms with Gasteiger partial charge in [-0.25, -0.2) is 4.98 Å². The highest BCUT2D eigenvalue weighted by Crippen LogP contribution is 2.41. The highest BCUT2D eigenvalue weighted by Gasteiger charge is 2.24. The molecule has 0 aliphatic carbocycles. The van der Waals surface area contributed by atoms with Crippen LogP contribution in [0.25, 0.3) is 0 Å². The SMILES string of the molecule is CCC(N)C(Sc1nc(C)co1)c1sccc1C. The molecule has 0 aromatic carbocycles. The van der Waals surface area contributed by atoms with Crippen LogP contribution < -0.4 is 5.73 Å². The van der Waals surface area contributed by atoms with E-state index in [4.69, 9.17) is 10.2 Å². The van der Waals surface area contributed by atoms with Crippen molar-refractivity contribution < 1.29 is 4.42 Å². The lowest BCUT2D eigenvalue weighted by molar-refractivity contribution is 0.451. The molecule has 0 aliphatic heterocycles. The average Bonchev–Trinajstić information content (AvgIpc) is 2.94. The van der Waals surface area contributed by atoms with Crippen molar-refractivity contribution in [2.45, 2.75) is 43.7 Å². The molecule has 2 unspecified atom stereocenters. The molecule has 0 bridgehead atoms. The first kappa shape index (κ1) is 13.6. The van der Waals surface area contributed by atoms with Gasteiger partial charge in [-0.05, 0) is 37.3 Å². The quantitative estimate of drug-likeness (QED) is 0.844. The summed E-state index contributed by atoms with van der Waals surface area (Å²) in [6.07, 6.45) is 2.62. The van der Waals surface area contributed by atoms with E-state index in [1.54, 1.807) is 29.4 Å². The predicted molar refractivity (Wildman–Crippen MR) is 77.2 cm³/mol. The molecule has 2 atom stereocenters. The Morgan fingerprint density at radius 2 is 2.28 bits per heavy atom. The maximum atomic E-state index is 6.25. The summed E-state index contributed by atoms with van der Waals surface area (Å²) in [5.74, 6) is 0. The first-order valence-electron chi connectivity index (χ1n) is 6.00. The Morgan fingerprint density at radius 3 is 2.78 bits per heavy atom. The number of nitrogens with two attached hydrogens (primary N) is 1. The van der Waals surface area contributed by atoms with E-state index in [1.165, 1.54) is 10.4 Å². The second-order valence-electron chi connectivity index (χ2n) is 4.33. The van der Waals surface area contributed by atoms with Crippen LogP contribution in [0.1, 0.15) is 34.7 Å². The molecule has 2 heterocycles. The normalized spacial score (nSPS) is 14.7. The Labute approximate surface area is 116 Å². The molecule has 2 N–H and O–H groups in total. The monoisotopic (exact) mass is 282 g/mol. The van der Waals surface area contributed by atoms with E-state index < -0.39 is 0 Å². The zero-order valence-electron chi connectivity index (χ0n) is 10.8. The third kappa shape index (κ3) is 2.96. The van der Waals surface area contributed by atoms with Gasteiger partial charge in [0, 0.05) is 10.9 Å². The molecule has 2 aromatic rings. The van der Waals surface area contributed by atoms with Crippen LogP contribution in [0.2, 0.25) is 0 Å². The van der Waals surface area contributed by atoms with Gasteiger partial charge in [0.15, 0.2) is 0 Å². The number of hydrogen-bond acceptors (Lipinski definition) is 5. The Bertz CT molecular complexity index is 507. The van der Waals surface area contributed by atoms with Gasteiger partial charge in [0.2, 0.25) is 0 Å². The largest absolute Gasteiger partial charge is 0.440 e. The number of rotatable bonds is 5. The van der Waals surface area contributed by atoms with Crippen LogP contribution in [-0.2, 0) is 0 Å². The molecule has 5 heteroatoms. The van der Waals surface area contributed by atoms with Crippen molar-refractivity contribution in [3.63, 3.8) is 0 Å². The summed E-state index contributed by atoms with van der Waals surface area (Å²) in [5, 5.41) is 3.03. The maximum Gasteiger partial charge on any atom is 0.256 e. The lowest BCUT2D eigenvalue weighted by atomic mass is 10.1. The second-order valence-corrected chi connectivity index (χ2v) is 6.37. The molecule has 98 valence electrons. The summed E-state index contributed by atoms with van der Waals surface area (Å²) in [4.78, 5) is 5.68. The van der Waals surface area contributed by atoms with E-state index in [2.05, 4.69) is 30.3 Å². The predicted octanol–water partition coefficient (Wildman–Crippen LogP) is 3.92. The van der Waals surface area contributed by atoms with Crippen molar-refractivity contribution in [3.8, 4) is 0 Å². The fraction of sp³-hybridized carbons (Fsp3) is 0.462. The van der Waals surface area contributed by atoms with Crippen LogP contribution in [0.3, 0.4) is 0 Å². The molecule has 0 saturated heterocycles. The molecule has 3 nitrogen and oxygen atoms in total. The van der Waals surface area contributed by atoms with Crippen LogP contribution in [0.4, 0.5) is 0 Å². The number of thioether (sulfide) groups is 1. The van der Waals surface area contributed by atoms with Crippen LogP contribution in [0.15, 0.2) is 27.3 Å². The fourth-order valence-electron chi connectivity index (χ4n) is 1.72. The second kappa shape index (κ2) is 5.91. The topological polar surface area (TPSA) is 52.0 Å².